The van der Waals surface area contributed by atoms with Crippen LogP contribution < -0.4 is 10.1 Å². The van der Waals surface area contributed by atoms with Crippen molar-refractivity contribution in [3.05, 3.63) is 84.1 Å². The highest BCUT2D eigenvalue weighted by Gasteiger charge is 2.26. The molecule has 1 aromatic heterocycles. The number of fused-ring (bicyclic) bond motifs is 1. The Balaban J connectivity index is 1.53. The van der Waals surface area contributed by atoms with Crippen LogP contribution >= 0.6 is 0 Å². The Kier molecular flexibility index (Phi) is 7.30. The highest BCUT2D eigenvalue weighted by atomic mass is 32.2. The van der Waals surface area contributed by atoms with Gasteiger partial charge in [-0.3, -0.25) is 8.98 Å². The monoisotopic (exact) mass is 510 g/mol. The number of phenolic OH excluding ortho intramolecular Hbond substituents is 1. The SMILES string of the molecule is COc1c(C(=O)NCC(O)COS(=O)(=O)c2cc(O)ccc2C)n(-c2ccccc2)c2ccccc12. The van der Waals surface area contributed by atoms with E-state index in [2.05, 4.69) is 5.32 Å². The van der Waals surface area contributed by atoms with Crippen molar-refractivity contribution >= 4 is 26.9 Å². The number of benzene rings is 3. The highest BCUT2D eigenvalue weighted by Crippen LogP contribution is 2.35. The molecule has 0 aliphatic rings. The average molecular weight is 511 g/mol. The summed E-state index contributed by atoms with van der Waals surface area (Å²) in [4.78, 5) is 13.1. The van der Waals surface area contributed by atoms with Gasteiger partial charge < -0.3 is 24.8 Å². The van der Waals surface area contributed by atoms with Gasteiger partial charge in [0, 0.05) is 23.7 Å². The smallest absolute Gasteiger partial charge is 0.297 e. The maximum atomic E-state index is 13.3. The lowest BCUT2D eigenvalue weighted by Crippen LogP contribution is -2.36. The van der Waals surface area contributed by atoms with E-state index in [-0.39, 0.29) is 22.9 Å². The number of methoxy groups -OCH3 is 1. The van der Waals surface area contributed by atoms with Crippen molar-refractivity contribution in [2.24, 2.45) is 0 Å². The van der Waals surface area contributed by atoms with Crippen LogP contribution in [-0.2, 0) is 14.3 Å². The fraction of sp³-hybridized carbons (Fsp3) is 0.192. The van der Waals surface area contributed by atoms with Gasteiger partial charge >= 0.3 is 0 Å². The lowest BCUT2D eigenvalue weighted by molar-refractivity contribution is 0.0845. The van der Waals surface area contributed by atoms with Crippen LogP contribution in [0, 0.1) is 6.92 Å². The first kappa shape index (κ1) is 25.2. The molecule has 9 nitrogen and oxygen atoms in total. The number of aromatic hydroxyl groups is 1. The Bertz CT molecular complexity index is 1500. The Morgan fingerprint density at radius 3 is 2.47 bits per heavy atom. The molecule has 4 aromatic rings. The number of hydrogen-bond acceptors (Lipinski definition) is 7. The molecule has 0 saturated heterocycles. The van der Waals surface area contributed by atoms with Crippen LogP contribution in [0.3, 0.4) is 0 Å². The van der Waals surface area contributed by atoms with Gasteiger partial charge in [0.15, 0.2) is 11.4 Å². The molecule has 1 amide bonds. The molecule has 4 rings (SSSR count). The molecule has 0 fully saturated rings. The van der Waals surface area contributed by atoms with Gasteiger partial charge in [0.05, 0.1) is 25.3 Å². The molecule has 0 aliphatic carbocycles. The number of hydrogen-bond donors (Lipinski definition) is 3. The van der Waals surface area contributed by atoms with Crippen molar-refractivity contribution in [3.63, 3.8) is 0 Å². The van der Waals surface area contributed by atoms with E-state index in [0.717, 1.165) is 22.7 Å². The van der Waals surface area contributed by atoms with Crippen LogP contribution in [0.1, 0.15) is 16.1 Å². The number of aromatic nitrogens is 1. The molecule has 188 valence electrons. The number of ether oxygens (including phenoxy) is 1. The Hall–Kier alpha value is -3.86. The van der Waals surface area contributed by atoms with Crippen molar-refractivity contribution in [2.75, 3.05) is 20.3 Å². The summed E-state index contributed by atoms with van der Waals surface area (Å²) in [6.07, 6.45) is -1.32. The molecule has 3 N–H and O–H groups in total. The van der Waals surface area contributed by atoms with Gasteiger partial charge in [0.1, 0.15) is 10.6 Å². The van der Waals surface area contributed by atoms with Crippen LogP contribution in [0.2, 0.25) is 0 Å². The molecule has 3 aromatic carbocycles. The number of phenols is 1. The summed E-state index contributed by atoms with van der Waals surface area (Å²) in [5.41, 5.74) is 2.14. The topological polar surface area (TPSA) is 127 Å². The summed E-state index contributed by atoms with van der Waals surface area (Å²) in [6.45, 7) is 0.703. The molecular weight excluding hydrogens is 484 g/mol. The Morgan fingerprint density at radius 1 is 1.06 bits per heavy atom. The zero-order valence-corrected chi connectivity index (χ0v) is 20.5. The number of aliphatic hydroxyl groups is 1. The lowest BCUT2D eigenvalue weighted by Gasteiger charge is -2.15. The molecular formula is C26H26N2O7S. The van der Waals surface area contributed by atoms with E-state index >= 15 is 0 Å². The molecule has 10 heteroatoms. The molecule has 1 heterocycles. The van der Waals surface area contributed by atoms with E-state index in [1.54, 1.807) is 11.5 Å². The second-order valence-corrected chi connectivity index (χ2v) is 9.71. The van der Waals surface area contributed by atoms with Crippen molar-refractivity contribution in [3.8, 4) is 17.2 Å². The molecule has 36 heavy (non-hydrogen) atoms. The largest absolute Gasteiger partial charge is 0.508 e. The number of nitrogens with zero attached hydrogens (tertiary/aromatic N) is 1. The van der Waals surface area contributed by atoms with Gasteiger partial charge in [-0.15, -0.1) is 0 Å². The van der Waals surface area contributed by atoms with Crippen molar-refractivity contribution in [1.29, 1.82) is 0 Å². The second-order valence-electron chi connectivity index (χ2n) is 8.12. The third-order valence-corrected chi connectivity index (χ3v) is 7.04. The first-order valence-electron chi connectivity index (χ1n) is 11.1. The number of rotatable bonds is 9. The van der Waals surface area contributed by atoms with Crippen LogP contribution in [-0.4, -0.2) is 55.5 Å². The minimum absolute atomic E-state index is 0.198. The molecule has 0 radical (unpaired) electrons. The second kappa shape index (κ2) is 10.4. The van der Waals surface area contributed by atoms with E-state index in [1.807, 2.05) is 54.6 Å². The molecule has 0 aliphatic heterocycles. The zero-order valence-electron chi connectivity index (χ0n) is 19.7. The molecule has 1 unspecified atom stereocenters. The number of aliphatic hydroxyl groups excluding tert-OH is 1. The minimum atomic E-state index is -4.23. The van der Waals surface area contributed by atoms with E-state index < -0.39 is 28.7 Å². The quantitative estimate of drug-likeness (QED) is 0.295. The third kappa shape index (κ3) is 5.06. The van der Waals surface area contributed by atoms with E-state index in [0.29, 0.717) is 11.3 Å². The fourth-order valence-electron chi connectivity index (χ4n) is 3.91. The van der Waals surface area contributed by atoms with Gasteiger partial charge in [-0.1, -0.05) is 36.4 Å². The van der Waals surface area contributed by atoms with E-state index in [1.165, 1.54) is 19.2 Å². The average Bonchev–Trinajstić information content (AvgIpc) is 3.22. The number of carbonyl (C=O) groups excluding carboxylic acids is 1. The summed E-state index contributed by atoms with van der Waals surface area (Å²) in [7, 11) is -2.75. The van der Waals surface area contributed by atoms with Gasteiger partial charge in [-0.05, 0) is 42.8 Å². The summed E-state index contributed by atoms with van der Waals surface area (Å²) >= 11 is 0. The maximum absolute atomic E-state index is 13.3. The Morgan fingerprint density at radius 2 is 1.75 bits per heavy atom. The highest BCUT2D eigenvalue weighted by molar-refractivity contribution is 7.86. The van der Waals surface area contributed by atoms with Crippen molar-refractivity contribution < 1.29 is 32.3 Å². The summed E-state index contributed by atoms with van der Waals surface area (Å²) in [6, 6.07) is 20.6. The number of para-hydroxylation sites is 2. The molecule has 1 atom stereocenters. The van der Waals surface area contributed by atoms with Gasteiger partial charge in [0.25, 0.3) is 16.0 Å². The van der Waals surface area contributed by atoms with Gasteiger partial charge in [-0.25, -0.2) is 0 Å². The fourth-order valence-corrected chi connectivity index (χ4v) is 5.10. The minimum Gasteiger partial charge on any atom is -0.508 e. The molecule has 0 saturated carbocycles. The van der Waals surface area contributed by atoms with Crippen LogP contribution in [0.4, 0.5) is 0 Å². The van der Waals surface area contributed by atoms with Crippen molar-refractivity contribution in [2.45, 2.75) is 17.9 Å². The predicted molar refractivity (Wildman–Crippen MR) is 134 cm³/mol. The van der Waals surface area contributed by atoms with Crippen LogP contribution in [0.5, 0.6) is 11.5 Å². The number of amides is 1. The first-order valence-corrected chi connectivity index (χ1v) is 12.5. The number of nitrogens with one attached hydrogen (secondary N) is 1. The van der Waals surface area contributed by atoms with Gasteiger partial charge in [-0.2, -0.15) is 8.42 Å². The number of carbonyl (C=O) groups is 1. The molecule has 0 bridgehead atoms. The van der Waals surface area contributed by atoms with Gasteiger partial charge in [0.2, 0.25) is 0 Å². The van der Waals surface area contributed by atoms with Crippen molar-refractivity contribution in [1.82, 2.24) is 9.88 Å². The lowest BCUT2D eigenvalue weighted by atomic mass is 10.2. The molecule has 0 spiro atoms. The standard InChI is InChI=1S/C26H26N2O7S/c1-17-12-13-19(29)14-23(17)36(32,33)35-16-20(30)15-27-26(31)24-25(34-2)21-10-6-7-11-22(21)28(24)18-8-4-3-5-9-18/h3-14,20,29-30H,15-16H2,1-2H3,(H,27,31). The Labute approximate surface area is 208 Å². The predicted octanol–water partition coefficient (Wildman–Crippen LogP) is 3.15. The van der Waals surface area contributed by atoms with Crippen LogP contribution in [0.25, 0.3) is 16.6 Å². The maximum Gasteiger partial charge on any atom is 0.297 e. The summed E-state index contributed by atoms with van der Waals surface area (Å²) < 4.78 is 37.3. The third-order valence-electron chi connectivity index (χ3n) is 5.62. The van der Waals surface area contributed by atoms with E-state index in [9.17, 15) is 23.4 Å². The van der Waals surface area contributed by atoms with E-state index in [4.69, 9.17) is 8.92 Å². The van der Waals surface area contributed by atoms with Crippen LogP contribution in [0.15, 0.2) is 77.7 Å². The summed E-state index contributed by atoms with van der Waals surface area (Å²) in [5.74, 6) is -0.365. The number of aryl methyl sites for hydroxylation is 1. The summed E-state index contributed by atoms with van der Waals surface area (Å²) in [5, 5.41) is 23.3. The zero-order chi connectivity index (χ0) is 25.9. The first-order chi connectivity index (χ1) is 17.2. The normalized spacial score (nSPS) is 12.4.